The summed E-state index contributed by atoms with van der Waals surface area (Å²) in [6, 6.07) is 4.41. The van der Waals surface area contributed by atoms with Crippen LogP contribution in [-0.4, -0.2) is 5.97 Å². The number of halogens is 3. The molecule has 184 valence electrons. The van der Waals surface area contributed by atoms with Gasteiger partial charge in [0, 0.05) is 0 Å². The van der Waals surface area contributed by atoms with Crippen molar-refractivity contribution in [1.29, 1.82) is 0 Å². The van der Waals surface area contributed by atoms with Crippen LogP contribution in [0, 0.1) is 35.5 Å². The topological polar surface area (TPSA) is 26.3 Å². The molecule has 2 nitrogen and oxygen atoms in total. The summed E-state index contributed by atoms with van der Waals surface area (Å²) in [5.41, 5.74) is -0.730. The molecule has 0 aromatic heterocycles. The Bertz CT molecular complexity index is 764. The Morgan fingerprint density at radius 2 is 1.42 bits per heavy atom. The number of benzene rings is 1. The van der Waals surface area contributed by atoms with Crippen LogP contribution in [0.3, 0.4) is 0 Å². The summed E-state index contributed by atoms with van der Waals surface area (Å²) in [4.78, 5) is 12.6. The van der Waals surface area contributed by atoms with Crippen molar-refractivity contribution >= 4 is 5.97 Å². The smallest absolute Gasteiger partial charge is 0.416 e. The standard InChI is InChI=1S/C28H39F3O2/c1-2-3-4-19-5-6-24-18-23(12-11-22(24)17-19)20-7-9-21(10-8-20)27(32)33-26-15-13-25(14-16-26)28(29,30)31/h13-16,19-24H,2-12,17-18H2,1H3. The number of hydrogen-bond donors (Lipinski definition) is 0. The summed E-state index contributed by atoms with van der Waals surface area (Å²) in [7, 11) is 0. The van der Waals surface area contributed by atoms with Crippen LogP contribution in [0.25, 0.3) is 0 Å². The van der Waals surface area contributed by atoms with E-state index in [1.54, 1.807) is 0 Å². The minimum absolute atomic E-state index is 0.131. The van der Waals surface area contributed by atoms with Crippen LogP contribution < -0.4 is 4.74 Å². The Kier molecular flexibility index (Phi) is 8.07. The molecule has 1 aromatic carbocycles. The number of carbonyl (C=O) groups is 1. The lowest BCUT2D eigenvalue weighted by atomic mass is 9.60. The first kappa shape index (κ1) is 24.6. The fourth-order valence-electron chi connectivity index (χ4n) is 6.94. The number of alkyl halides is 3. The number of rotatable bonds is 6. The lowest BCUT2D eigenvalue weighted by Gasteiger charge is -2.45. The molecule has 0 spiro atoms. The fraction of sp³-hybridized carbons (Fsp3) is 0.750. The first-order valence-electron chi connectivity index (χ1n) is 13.2. The van der Waals surface area contributed by atoms with Gasteiger partial charge in [-0.05, 0) is 112 Å². The SMILES string of the molecule is CCCCC1CCC2CC(C3CCC(C(=O)Oc4ccc(C(F)(F)F)cc4)CC3)CCC2C1. The Labute approximate surface area is 196 Å². The summed E-state index contributed by atoms with van der Waals surface area (Å²) in [5, 5.41) is 0. The molecule has 1 aromatic rings. The van der Waals surface area contributed by atoms with Crippen LogP contribution in [0.5, 0.6) is 5.75 Å². The predicted octanol–water partition coefficient (Wildman–Crippen LogP) is 8.44. The molecule has 0 heterocycles. The quantitative estimate of drug-likeness (QED) is 0.312. The van der Waals surface area contributed by atoms with E-state index in [9.17, 15) is 18.0 Å². The number of esters is 1. The van der Waals surface area contributed by atoms with Gasteiger partial charge in [-0.3, -0.25) is 4.79 Å². The summed E-state index contributed by atoms with van der Waals surface area (Å²) in [6.07, 6.45) is 12.0. The third-order valence-electron chi connectivity index (χ3n) is 8.90. The van der Waals surface area contributed by atoms with Crippen LogP contribution in [0.2, 0.25) is 0 Å². The van der Waals surface area contributed by atoms with Gasteiger partial charge in [0.1, 0.15) is 5.75 Å². The first-order chi connectivity index (χ1) is 15.8. The van der Waals surface area contributed by atoms with Gasteiger partial charge >= 0.3 is 12.1 Å². The van der Waals surface area contributed by atoms with Gasteiger partial charge in [0.05, 0.1) is 11.5 Å². The molecule has 4 rings (SSSR count). The van der Waals surface area contributed by atoms with Crippen molar-refractivity contribution in [1.82, 2.24) is 0 Å². The molecule has 3 aliphatic carbocycles. The second-order valence-electron chi connectivity index (χ2n) is 11.0. The summed E-state index contributed by atoms with van der Waals surface area (Å²) < 4.78 is 43.5. The molecule has 0 bridgehead atoms. The number of ether oxygens (including phenoxy) is 1. The molecule has 3 aliphatic rings. The zero-order valence-corrected chi connectivity index (χ0v) is 19.9. The summed E-state index contributed by atoms with van der Waals surface area (Å²) in [5.74, 6) is 4.15. The normalized spacial score (nSPS) is 32.7. The molecule has 0 N–H and O–H groups in total. The maximum atomic E-state index is 12.7. The average molecular weight is 465 g/mol. The number of unbranched alkanes of at least 4 members (excludes halogenated alkanes) is 1. The van der Waals surface area contributed by atoms with Gasteiger partial charge in [-0.1, -0.05) is 32.6 Å². The second-order valence-corrected chi connectivity index (χ2v) is 11.0. The van der Waals surface area contributed by atoms with E-state index in [1.807, 2.05) is 0 Å². The monoisotopic (exact) mass is 464 g/mol. The van der Waals surface area contributed by atoms with E-state index in [-0.39, 0.29) is 17.6 Å². The van der Waals surface area contributed by atoms with Crippen molar-refractivity contribution in [3.63, 3.8) is 0 Å². The minimum Gasteiger partial charge on any atom is -0.426 e. The Morgan fingerprint density at radius 1 is 0.848 bits per heavy atom. The first-order valence-corrected chi connectivity index (χ1v) is 13.2. The van der Waals surface area contributed by atoms with E-state index >= 15 is 0 Å². The van der Waals surface area contributed by atoms with Crippen molar-refractivity contribution in [3.8, 4) is 5.75 Å². The Morgan fingerprint density at radius 3 is 2.06 bits per heavy atom. The predicted molar refractivity (Wildman–Crippen MR) is 124 cm³/mol. The molecule has 4 unspecified atom stereocenters. The van der Waals surface area contributed by atoms with Gasteiger partial charge in [0.25, 0.3) is 0 Å². The molecule has 0 aliphatic heterocycles. The van der Waals surface area contributed by atoms with Gasteiger partial charge in [0.2, 0.25) is 0 Å². The zero-order chi connectivity index (χ0) is 23.4. The summed E-state index contributed by atoms with van der Waals surface area (Å²) in [6.45, 7) is 2.29. The molecular formula is C28H39F3O2. The van der Waals surface area contributed by atoms with Gasteiger partial charge in [-0.15, -0.1) is 0 Å². The molecule has 0 saturated heterocycles. The maximum Gasteiger partial charge on any atom is 0.416 e. The maximum absolute atomic E-state index is 12.7. The van der Waals surface area contributed by atoms with Crippen LogP contribution in [0.1, 0.15) is 96.0 Å². The third kappa shape index (κ3) is 6.33. The van der Waals surface area contributed by atoms with Gasteiger partial charge in [0.15, 0.2) is 0 Å². The van der Waals surface area contributed by atoms with E-state index in [2.05, 4.69) is 6.92 Å². The average Bonchev–Trinajstić information content (AvgIpc) is 2.82. The minimum atomic E-state index is -4.38. The van der Waals surface area contributed by atoms with Crippen LogP contribution >= 0.6 is 0 Å². The largest absolute Gasteiger partial charge is 0.426 e. The molecule has 3 fully saturated rings. The van der Waals surface area contributed by atoms with Crippen molar-refractivity contribution in [2.45, 2.75) is 96.6 Å². The van der Waals surface area contributed by atoms with Crippen molar-refractivity contribution in [3.05, 3.63) is 29.8 Å². The lowest BCUT2D eigenvalue weighted by molar-refractivity contribution is -0.140. The van der Waals surface area contributed by atoms with E-state index in [0.717, 1.165) is 67.4 Å². The molecule has 4 atom stereocenters. The molecule has 0 radical (unpaired) electrons. The van der Waals surface area contributed by atoms with E-state index in [4.69, 9.17) is 4.74 Å². The van der Waals surface area contributed by atoms with Crippen molar-refractivity contribution < 1.29 is 22.7 Å². The number of fused-ring (bicyclic) bond motifs is 1. The second kappa shape index (κ2) is 10.8. The Balaban J connectivity index is 1.21. The van der Waals surface area contributed by atoms with Gasteiger partial charge in [-0.2, -0.15) is 13.2 Å². The number of carbonyl (C=O) groups excluding carboxylic acids is 1. The van der Waals surface area contributed by atoms with Crippen molar-refractivity contribution in [2.24, 2.45) is 35.5 Å². The van der Waals surface area contributed by atoms with Crippen LogP contribution in [-0.2, 0) is 11.0 Å². The fourth-order valence-corrected chi connectivity index (χ4v) is 6.94. The highest BCUT2D eigenvalue weighted by Gasteiger charge is 2.39. The summed E-state index contributed by atoms with van der Waals surface area (Å²) >= 11 is 0. The highest BCUT2D eigenvalue weighted by atomic mass is 19.4. The molecule has 5 heteroatoms. The highest BCUT2D eigenvalue weighted by Crippen LogP contribution is 2.49. The lowest BCUT2D eigenvalue weighted by Crippen LogP contribution is -2.35. The third-order valence-corrected chi connectivity index (χ3v) is 8.90. The molecule has 0 amide bonds. The molecular weight excluding hydrogens is 425 g/mol. The van der Waals surface area contributed by atoms with Crippen LogP contribution in [0.4, 0.5) is 13.2 Å². The van der Waals surface area contributed by atoms with Crippen LogP contribution in [0.15, 0.2) is 24.3 Å². The zero-order valence-electron chi connectivity index (χ0n) is 19.9. The van der Waals surface area contributed by atoms with E-state index < -0.39 is 11.7 Å². The van der Waals surface area contributed by atoms with Crippen molar-refractivity contribution in [2.75, 3.05) is 0 Å². The molecule has 3 saturated carbocycles. The van der Waals surface area contributed by atoms with Gasteiger partial charge in [-0.25, -0.2) is 0 Å². The highest BCUT2D eigenvalue weighted by molar-refractivity contribution is 5.75. The van der Waals surface area contributed by atoms with Gasteiger partial charge < -0.3 is 4.74 Å². The van der Waals surface area contributed by atoms with E-state index in [0.29, 0.717) is 0 Å². The number of hydrogen-bond acceptors (Lipinski definition) is 2. The molecule has 33 heavy (non-hydrogen) atoms. The van der Waals surface area contributed by atoms with E-state index in [1.165, 1.54) is 69.9 Å². The Hall–Kier alpha value is -1.52.